The van der Waals surface area contributed by atoms with E-state index in [4.69, 9.17) is 0 Å². The van der Waals surface area contributed by atoms with Crippen LogP contribution in [-0.2, 0) is 0 Å². The first-order chi connectivity index (χ1) is 5.16. The molecule has 1 saturated heterocycles. The molecule has 0 spiro atoms. The largest absolute Gasteiger partial charge is 0.320 e. The number of rotatable bonds is 3. The van der Waals surface area contributed by atoms with E-state index in [9.17, 15) is 0 Å². The fraction of sp³-hybridized carbons (Fsp3) is 1.00. The summed E-state index contributed by atoms with van der Waals surface area (Å²) in [5.41, 5.74) is 0.581. The van der Waals surface area contributed by atoms with Gasteiger partial charge in [0.2, 0.25) is 0 Å². The van der Waals surface area contributed by atoms with Crippen molar-refractivity contribution in [1.82, 2.24) is 10.2 Å². The highest BCUT2D eigenvalue weighted by molar-refractivity contribution is 4.84. The van der Waals surface area contributed by atoms with Gasteiger partial charge in [0, 0.05) is 6.54 Å². The lowest BCUT2D eigenvalue weighted by Gasteiger charge is -2.23. The second-order valence-corrected chi connectivity index (χ2v) is 4.15. The quantitative estimate of drug-likeness (QED) is 0.654. The van der Waals surface area contributed by atoms with Gasteiger partial charge in [-0.15, -0.1) is 0 Å². The molecule has 0 aromatic rings. The van der Waals surface area contributed by atoms with Crippen LogP contribution in [-0.4, -0.2) is 38.6 Å². The molecular formula is C9H20N2. The van der Waals surface area contributed by atoms with Gasteiger partial charge < -0.3 is 10.2 Å². The highest BCUT2D eigenvalue weighted by Gasteiger charge is 2.30. The minimum Gasteiger partial charge on any atom is -0.320 e. The molecule has 1 aliphatic rings. The monoisotopic (exact) mass is 156 g/mol. The van der Waals surface area contributed by atoms with Crippen molar-refractivity contribution in [1.29, 1.82) is 0 Å². The van der Waals surface area contributed by atoms with E-state index >= 15 is 0 Å². The van der Waals surface area contributed by atoms with Crippen molar-refractivity contribution >= 4 is 0 Å². The standard InChI is InChI=1S/C9H20N2/c1-9(4-6-10-2)5-7-11(3)8-9/h10H,4-8H2,1-3H3. The van der Waals surface area contributed by atoms with Gasteiger partial charge in [-0.25, -0.2) is 0 Å². The van der Waals surface area contributed by atoms with Crippen LogP contribution in [0, 0.1) is 5.41 Å². The minimum absolute atomic E-state index is 0.581. The van der Waals surface area contributed by atoms with Crippen molar-refractivity contribution < 1.29 is 0 Å². The van der Waals surface area contributed by atoms with E-state index in [0.717, 1.165) is 6.54 Å². The van der Waals surface area contributed by atoms with Crippen LogP contribution in [0.5, 0.6) is 0 Å². The van der Waals surface area contributed by atoms with Crippen molar-refractivity contribution in [3.63, 3.8) is 0 Å². The third-order valence-electron chi connectivity index (χ3n) is 2.73. The van der Waals surface area contributed by atoms with Gasteiger partial charge in [0.05, 0.1) is 0 Å². The molecule has 2 heteroatoms. The lowest BCUT2D eigenvalue weighted by Crippen LogP contribution is -2.25. The van der Waals surface area contributed by atoms with Crippen molar-refractivity contribution in [2.75, 3.05) is 33.7 Å². The van der Waals surface area contributed by atoms with Crippen molar-refractivity contribution in [2.45, 2.75) is 19.8 Å². The molecule has 1 unspecified atom stereocenters. The summed E-state index contributed by atoms with van der Waals surface area (Å²) in [5, 5.41) is 3.22. The maximum absolute atomic E-state index is 3.22. The molecule has 2 nitrogen and oxygen atoms in total. The molecule has 0 saturated carbocycles. The lowest BCUT2D eigenvalue weighted by molar-refractivity contribution is 0.288. The van der Waals surface area contributed by atoms with Crippen LogP contribution in [0.1, 0.15) is 19.8 Å². The van der Waals surface area contributed by atoms with Crippen LogP contribution in [0.4, 0.5) is 0 Å². The van der Waals surface area contributed by atoms with Gasteiger partial charge in [-0.2, -0.15) is 0 Å². The molecular weight excluding hydrogens is 136 g/mol. The molecule has 0 aromatic heterocycles. The van der Waals surface area contributed by atoms with E-state index in [2.05, 4.69) is 24.2 Å². The second-order valence-electron chi connectivity index (χ2n) is 4.15. The summed E-state index contributed by atoms with van der Waals surface area (Å²) in [7, 11) is 4.24. The normalized spacial score (nSPS) is 33.0. The van der Waals surface area contributed by atoms with Gasteiger partial charge in [0.25, 0.3) is 0 Å². The molecule has 0 bridgehead atoms. The maximum Gasteiger partial charge on any atom is 0.00332 e. The van der Waals surface area contributed by atoms with Crippen LogP contribution in [0.15, 0.2) is 0 Å². The number of likely N-dealkylation sites (tertiary alicyclic amines) is 1. The average Bonchev–Trinajstić information content (AvgIpc) is 2.28. The fourth-order valence-electron chi connectivity index (χ4n) is 1.90. The molecule has 11 heavy (non-hydrogen) atoms. The Bertz CT molecular complexity index is 125. The predicted molar refractivity (Wildman–Crippen MR) is 48.8 cm³/mol. The SMILES string of the molecule is CNCCC1(C)CCN(C)C1. The fourth-order valence-corrected chi connectivity index (χ4v) is 1.90. The Morgan fingerprint density at radius 3 is 2.73 bits per heavy atom. The third-order valence-corrected chi connectivity index (χ3v) is 2.73. The van der Waals surface area contributed by atoms with Crippen LogP contribution >= 0.6 is 0 Å². The first-order valence-electron chi connectivity index (χ1n) is 4.49. The Kier molecular flexibility index (Phi) is 2.90. The molecule has 0 radical (unpaired) electrons. The Morgan fingerprint density at radius 2 is 2.27 bits per heavy atom. The zero-order valence-electron chi connectivity index (χ0n) is 7.98. The smallest absolute Gasteiger partial charge is 0.00332 e. The number of nitrogens with zero attached hydrogens (tertiary/aromatic N) is 1. The highest BCUT2D eigenvalue weighted by atomic mass is 15.1. The highest BCUT2D eigenvalue weighted by Crippen LogP contribution is 2.31. The Morgan fingerprint density at radius 1 is 1.55 bits per heavy atom. The first-order valence-corrected chi connectivity index (χ1v) is 4.49. The summed E-state index contributed by atoms with van der Waals surface area (Å²) in [5.74, 6) is 0. The number of hydrogen-bond donors (Lipinski definition) is 1. The number of nitrogens with one attached hydrogen (secondary N) is 1. The van der Waals surface area contributed by atoms with E-state index in [-0.39, 0.29) is 0 Å². The summed E-state index contributed by atoms with van der Waals surface area (Å²) in [6.45, 7) is 6.10. The molecule has 1 fully saturated rings. The number of hydrogen-bond acceptors (Lipinski definition) is 2. The molecule has 66 valence electrons. The Labute approximate surface area is 70.0 Å². The molecule has 0 aromatic carbocycles. The van der Waals surface area contributed by atoms with Gasteiger partial charge >= 0.3 is 0 Å². The van der Waals surface area contributed by atoms with E-state index in [0.29, 0.717) is 5.41 Å². The van der Waals surface area contributed by atoms with E-state index in [1.807, 2.05) is 7.05 Å². The topological polar surface area (TPSA) is 15.3 Å². The molecule has 1 aliphatic heterocycles. The molecule has 1 heterocycles. The lowest BCUT2D eigenvalue weighted by atomic mass is 9.86. The van der Waals surface area contributed by atoms with Gasteiger partial charge in [-0.1, -0.05) is 6.92 Å². The zero-order chi connectivity index (χ0) is 8.32. The molecule has 0 amide bonds. The van der Waals surface area contributed by atoms with E-state index in [1.54, 1.807) is 0 Å². The summed E-state index contributed by atoms with van der Waals surface area (Å²) < 4.78 is 0. The second kappa shape index (κ2) is 3.55. The van der Waals surface area contributed by atoms with Crippen molar-refractivity contribution in [2.24, 2.45) is 5.41 Å². The minimum atomic E-state index is 0.581. The van der Waals surface area contributed by atoms with E-state index < -0.39 is 0 Å². The molecule has 1 rings (SSSR count). The Hall–Kier alpha value is -0.0800. The summed E-state index contributed by atoms with van der Waals surface area (Å²) in [4.78, 5) is 2.43. The predicted octanol–water partition coefficient (Wildman–Crippen LogP) is 0.938. The average molecular weight is 156 g/mol. The van der Waals surface area contributed by atoms with Gasteiger partial charge in [0.1, 0.15) is 0 Å². The molecule has 1 atom stereocenters. The molecule has 1 N–H and O–H groups in total. The van der Waals surface area contributed by atoms with Crippen LogP contribution in [0.3, 0.4) is 0 Å². The van der Waals surface area contributed by atoms with Crippen molar-refractivity contribution in [3.8, 4) is 0 Å². The van der Waals surface area contributed by atoms with Crippen LogP contribution < -0.4 is 5.32 Å². The van der Waals surface area contributed by atoms with Crippen molar-refractivity contribution in [3.05, 3.63) is 0 Å². The van der Waals surface area contributed by atoms with Crippen LogP contribution in [0.2, 0.25) is 0 Å². The summed E-state index contributed by atoms with van der Waals surface area (Å²) >= 11 is 0. The van der Waals surface area contributed by atoms with Gasteiger partial charge in [0.15, 0.2) is 0 Å². The molecule has 0 aliphatic carbocycles. The first kappa shape index (κ1) is 9.01. The van der Waals surface area contributed by atoms with Gasteiger partial charge in [-0.05, 0) is 45.4 Å². The van der Waals surface area contributed by atoms with Gasteiger partial charge in [-0.3, -0.25) is 0 Å². The summed E-state index contributed by atoms with van der Waals surface area (Å²) in [6.07, 6.45) is 2.68. The maximum atomic E-state index is 3.22. The summed E-state index contributed by atoms with van der Waals surface area (Å²) in [6, 6.07) is 0. The Balaban J connectivity index is 2.29. The van der Waals surface area contributed by atoms with Crippen LogP contribution in [0.25, 0.3) is 0 Å². The van der Waals surface area contributed by atoms with E-state index in [1.165, 1.54) is 25.9 Å². The zero-order valence-corrected chi connectivity index (χ0v) is 7.98. The third kappa shape index (κ3) is 2.46.